The Morgan fingerprint density at radius 3 is 1.11 bits per heavy atom. The van der Waals surface area contributed by atoms with Crippen molar-refractivity contribution in [2.75, 3.05) is 53.4 Å². The zero-order chi connectivity index (χ0) is 99.2. The molecule has 0 N–H and O–H groups in total. The molecular formula is C129H230O10. The van der Waals surface area contributed by atoms with Crippen LogP contribution >= 0.6 is 0 Å². The van der Waals surface area contributed by atoms with Gasteiger partial charge in [0.05, 0.1) is 92.6 Å². The molecule has 0 heterocycles. The van der Waals surface area contributed by atoms with Crippen LogP contribution in [0.1, 0.15) is 481 Å². The molecule has 10 nitrogen and oxygen atoms in total. The molecule has 0 aliphatic heterocycles. The van der Waals surface area contributed by atoms with Gasteiger partial charge < -0.3 is 47.4 Å². The molecule has 0 radical (unpaired) electrons. The average molecular weight is 1940 g/mol. The molecule has 806 valence electrons. The zero-order valence-corrected chi connectivity index (χ0v) is 96.2. The molecule has 0 aromatic heterocycles. The van der Waals surface area contributed by atoms with E-state index in [1.54, 1.807) is 116 Å². The second-order valence-corrected chi connectivity index (χ2v) is 58.1. The third kappa shape index (κ3) is 27.6. The van der Waals surface area contributed by atoms with E-state index in [1.165, 1.54) is 246 Å². The fourth-order valence-electron chi connectivity index (χ4n) is 40.4. The fraction of sp³-hybridized carbons (Fsp3) is 1.00. The van der Waals surface area contributed by atoms with E-state index in [4.69, 9.17) is 47.4 Å². The lowest BCUT2D eigenvalue weighted by atomic mass is 9.50. The minimum atomic E-state index is 0.322. The molecule has 30 unspecified atom stereocenters. The van der Waals surface area contributed by atoms with Gasteiger partial charge in [-0.3, -0.25) is 0 Å². The molecule has 10 heteroatoms. The van der Waals surface area contributed by atoms with Crippen molar-refractivity contribution in [3.63, 3.8) is 0 Å². The maximum absolute atomic E-state index is 6.25. The van der Waals surface area contributed by atoms with Gasteiger partial charge in [-0.05, 0) is 618 Å². The zero-order valence-electron chi connectivity index (χ0n) is 96.2. The maximum Gasteiger partial charge on any atom is 0.0694 e. The van der Waals surface area contributed by atoms with Crippen LogP contribution in [0.4, 0.5) is 0 Å². The lowest BCUT2D eigenvalue weighted by Gasteiger charge is -2.56. The van der Waals surface area contributed by atoms with Crippen molar-refractivity contribution in [3.8, 4) is 0 Å². The van der Waals surface area contributed by atoms with Crippen LogP contribution in [-0.2, 0) is 47.4 Å². The maximum atomic E-state index is 6.25. The average Bonchev–Trinajstić information content (AvgIpc) is 1.55. The number of fused-ring (bicyclic) bond motifs is 28. The molecule has 28 saturated carbocycles. The van der Waals surface area contributed by atoms with E-state index >= 15 is 0 Å². The lowest BCUT2D eigenvalue weighted by molar-refractivity contribution is -0.180. The van der Waals surface area contributed by atoms with Gasteiger partial charge in [0.25, 0.3) is 0 Å². The predicted octanol–water partition coefficient (Wildman–Crippen LogP) is 34.0. The Morgan fingerprint density at radius 2 is 0.719 bits per heavy atom. The second kappa shape index (κ2) is 50.0. The van der Waals surface area contributed by atoms with E-state index in [-0.39, 0.29) is 0 Å². The molecular weight excluding hydrogens is 1710 g/mol. The van der Waals surface area contributed by atoms with Gasteiger partial charge in [0.15, 0.2) is 0 Å². The Labute approximate surface area is 859 Å². The van der Waals surface area contributed by atoms with E-state index in [1.807, 2.05) is 34.6 Å². The number of ether oxygens (including phenoxy) is 10. The highest BCUT2D eigenvalue weighted by molar-refractivity contribution is 5.13. The van der Waals surface area contributed by atoms with Gasteiger partial charge in [-0.25, -0.2) is 0 Å². The van der Waals surface area contributed by atoms with Crippen LogP contribution in [0.5, 0.6) is 0 Å². The smallest absolute Gasteiger partial charge is 0.0694 e. The summed E-state index contributed by atoms with van der Waals surface area (Å²) < 4.78 is 57.0. The first-order valence-corrected chi connectivity index (χ1v) is 62.5. The van der Waals surface area contributed by atoms with Crippen molar-refractivity contribution in [1.29, 1.82) is 0 Å². The summed E-state index contributed by atoms with van der Waals surface area (Å²) in [6, 6.07) is 0. The van der Waals surface area contributed by atoms with Gasteiger partial charge in [0, 0.05) is 33.5 Å². The van der Waals surface area contributed by atoms with Crippen molar-refractivity contribution in [2.24, 2.45) is 211 Å². The van der Waals surface area contributed by atoms with Gasteiger partial charge in [0.1, 0.15) is 0 Å². The monoisotopic (exact) mass is 1940 g/mol. The molecule has 139 heavy (non-hydrogen) atoms. The van der Waals surface area contributed by atoms with Crippen molar-refractivity contribution >= 4 is 0 Å². The van der Waals surface area contributed by atoms with Crippen LogP contribution in [0, 0.1) is 211 Å². The Bertz CT molecular complexity index is 3420. The molecule has 0 amide bonds. The first-order valence-electron chi connectivity index (χ1n) is 62.5. The highest BCUT2D eigenvalue weighted by Crippen LogP contribution is 2.70. The second-order valence-electron chi connectivity index (χ2n) is 58.1. The fourth-order valence-corrected chi connectivity index (χ4v) is 40.4. The summed E-state index contributed by atoms with van der Waals surface area (Å²) in [5, 5.41) is 0. The lowest BCUT2D eigenvalue weighted by Crippen LogP contribution is -2.52. The molecule has 28 aliphatic carbocycles. The van der Waals surface area contributed by atoms with E-state index < -0.39 is 0 Å². The van der Waals surface area contributed by atoms with E-state index in [0.29, 0.717) is 99.8 Å². The summed E-state index contributed by atoms with van der Waals surface area (Å²) in [6.07, 6.45) is 77.0. The normalized spacial score (nSPS) is 45.2. The van der Waals surface area contributed by atoms with Crippen molar-refractivity contribution in [3.05, 3.63) is 0 Å². The van der Waals surface area contributed by atoms with Crippen LogP contribution in [0.2, 0.25) is 0 Å². The highest BCUT2D eigenvalue weighted by atomic mass is 16.5. The number of methoxy groups -OCH3 is 1. The summed E-state index contributed by atoms with van der Waals surface area (Å²) >= 11 is 0. The molecule has 0 aromatic rings. The summed E-state index contributed by atoms with van der Waals surface area (Å²) in [7, 11) is 1.70. The largest absolute Gasteiger partial charge is 0.382 e. The van der Waals surface area contributed by atoms with Crippen LogP contribution in [0.3, 0.4) is 0 Å². The minimum Gasteiger partial charge on any atom is -0.382 e. The summed E-state index contributed by atoms with van der Waals surface area (Å²) in [4.78, 5) is 0. The number of hydrogen-bond donors (Lipinski definition) is 0. The molecule has 28 aliphatic rings. The topological polar surface area (TPSA) is 92.3 Å². The van der Waals surface area contributed by atoms with Gasteiger partial charge in [0.2, 0.25) is 0 Å². The number of hydrogen-bond acceptors (Lipinski definition) is 10. The third-order valence-electron chi connectivity index (χ3n) is 45.7. The summed E-state index contributed by atoms with van der Waals surface area (Å²) in [5.74, 6) is 32.8. The first kappa shape index (κ1) is 113. The van der Waals surface area contributed by atoms with Crippen molar-refractivity contribution in [1.82, 2.24) is 0 Å². The van der Waals surface area contributed by atoms with E-state index in [9.17, 15) is 0 Å². The number of rotatable bonds is 23. The molecule has 28 fully saturated rings. The highest BCUT2D eigenvalue weighted by Gasteiger charge is 2.64. The third-order valence-corrected chi connectivity index (χ3v) is 45.7. The molecule has 0 saturated heterocycles. The van der Waals surface area contributed by atoms with Crippen LogP contribution in [-0.4, -0.2) is 126 Å². The molecule has 30 atom stereocenters. The molecule has 24 bridgehead atoms. The summed E-state index contributed by atoms with van der Waals surface area (Å²) in [5.41, 5.74) is 2.94. The Kier molecular flexibility index (Phi) is 40.5. The first-order chi connectivity index (χ1) is 66.3. The Hall–Kier alpha value is -0.400. The van der Waals surface area contributed by atoms with Crippen molar-refractivity contribution < 1.29 is 47.4 Å². The van der Waals surface area contributed by atoms with Crippen molar-refractivity contribution in [2.45, 2.75) is 554 Å². The molecule has 28 rings (SSSR count). The van der Waals surface area contributed by atoms with E-state index in [0.717, 1.165) is 182 Å². The molecule has 0 spiro atoms. The predicted molar refractivity (Wildman–Crippen MR) is 579 cm³/mol. The van der Waals surface area contributed by atoms with Gasteiger partial charge in [-0.2, -0.15) is 0 Å². The Balaban J connectivity index is 0.000000116. The SMILES string of the molecule is C1CC2C3CCC(C3)C2C1.C1CC2C3CCC(C3)C2C1.CC(C)OC12CC3CC(CC(C3)C1)C2.CC(C)OC1CC2CC1C1CCCC21.CC(C)OC1CC2CCC1C2.CC(C)OCC12CC3CC(CC(C3)C1)C2.CC(C)OCC1CC2CC1C1CCCC21.CC(C)OCC1CC2CCC1C2.CCOC(C)C.CCOC1C2(C)CCC(C2)C1(C)C.CCOCC1CC2CCC1(C)C2(C)C.COC(C)C. The summed E-state index contributed by atoms with van der Waals surface area (Å²) in [6.45, 7) is 61.5. The van der Waals surface area contributed by atoms with Gasteiger partial charge >= 0.3 is 0 Å². The minimum absolute atomic E-state index is 0.322. The van der Waals surface area contributed by atoms with Gasteiger partial charge in [-0.15, -0.1) is 0 Å². The van der Waals surface area contributed by atoms with Gasteiger partial charge in [-0.1, -0.05) is 73.6 Å². The van der Waals surface area contributed by atoms with E-state index in [2.05, 4.69) is 138 Å². The van der Waals surface area contributed by atoms with Crippen LogP contribution in [0.15, 0.2) is 0 Å². The van der Waals surface area contributed by atoms with Crippen LogP contribution < -0.4 is 0 Å². The quantitative estimate of drug-likeness (QED) is 0.0985. The van der Waals surface area contributed by atoms with Crippen LogP contribution in [0.25, 0.3) is 0 Å². The standard InChI is InChI=1S/2C14H24O.2C13H22O.C13H24O.C12H22O.C11H20O.C10H18O.2C10H16.C5H12O.C4H10O/c1-10(2)15-9-14-6-11-3-12(7-14)5-13(4-11)8-14;1-9(2)15-8-11-6-10-7-14(11)13-5-3-4-12(10)13;1-9(2)14-13-6-10-3-11(7-13)5-12(4-10)8-13;1-8(2)14-13-7-9-6-12(13)11-5-3-4-10(9)11;1-5-14-9-11-8-10-6-7-13(11,4)12(10,2)3;1-5-13-10-11(2,3)9-6-7-12(10,4)8-9;1-8(2)12-7-11-6-9-3-4-10(11)5-9;1-7(2)11-10-6-8-3-4-9(10)5-8;2*1-2-9-7-4-5-8(6-7)10(9)3-1;1-4-6-5(2)3;1-4(2)5-3/h10-13H,3-9H2,1-2H3;9-14H,3-8H2,1-2H3;9-12H,3-8H2,1-2H3;8-13H,3-7H2,1-2H3;10-11H,5-9H2,1-4H3;9-10H,5-8H2,1-4H3;8-11H,3-7H2,1-2H3;7-10H,3-6H2,1-2H3;2*7-10H,1-6H2;5H,4H2,1-3H3;4H,1-3H3. The Morgan fingerprint density at radius 1 is 0.288 bits per heavy atom. The molecule has 0 aromatic carbocycles.